The molecule has 0 fully saturated rings. The van der Waals surface area contributed by atoms with E-state index in [4.69, 9.17) is 4.74 Å². The van der Waals surface area contributed by atoms with Crippen LogP contribution in [0.15, 0.2) is 78.0 Å². The van der Waals surface area contributed by atoms with Crippen molar-refractivity contribution in [3.63, 3.8) is 0 Å². The van der Waals surface area contributed by atoms with E-state index in [9.17, 15) is 9.59 Å². The lowest BCUT2D eigenvalue weighted by Gasteiger charge is -2.08. The van der Waals surface area contributed by atoms with Gasteiger partial charge in [-0.3, -0.25) is 4.79 Å². The van der Waals surface area contributed by atoms with Gasteiger partial charge in [0.05, 0.1) is 17.7 Å². The molecule has 0 atom stereocenters. The van der Waals surface area contributed by atoms with Crippen molar-refractivity contribution >= 4 is 29.3 Å². The van der Waals surface area contributed by atoms with Crippen LogP contribution in [0.5, 0.6) is 0 Å². The first-order valence-electron chi connectivity index (χ1n) is 8.28. The van der Waals surface area contributed by atoms with Crippen molar-refractivity contribution in [2.24, 2.45) is 0 Å². The van der Waals surface area contributed by atoms with E-state index in [2.05, 4.69) is 10.3 Å². The summed E-state index contributed by atoms with van der Waals surface area (Å²) >= 11 is 1.63. The van der Waals surface area contributed by atoms with Gasteiger partial charge in [0.15, 0.2) is 0 Å². The smallest absolute Gasteiger partial charge is 0.337 e. The number of pyridine rings is 1. The first-order chi connectivity index (χ1) is 13.2. The number of anilines is 1. The molecule has 6 heteroatoms. The number of amides is 1. The number of esters is 1. The largest absolute Gasteiger partial charge is 0.465 e. The summed E-state index contributed by atoms with van der Waals surface area (Å²) in [4.78, 5) is 28.4. The molecule has 0 aliphatic rings. The van der Waals surface area contributed by atoms with Gasteiger partial charge in [-0.1, -0.05) is 24.3 Å². The molecule has 3 aromatic rings. The Balaban J connectivity index is 1.67. The maximum Gasteiger partial charge on any atom is 0.337 e. The number of rotatable bonds is 6. The maximum atomic E-state index is 12.5. The van der Waals surface area contributed by atoms with Crippen LogP contribution in [-0.2, 0) is 10.5 Å². The summed E-state index contributed by atoms with van der Waals surface area (Å²) in [6, 6.07) is 19.9. The normalized spacial score (nSPS) is 10.3. The van der Waals surface area contributed by atoms with Gasteiger partial charge in [-0.05, 0) is 48.0 Å². The molecule has 1 N–H and O–H groups in total. The van der Waals surface area contributed by atoms with Crippen LogP contribution in [0.25, 0.3) is 0 Å². The van der Waals surface area contributed by atoms with E-state index in [1.165, 1.54) is 13.2 Å². The predicted octanol–water partition coefficient (Wildman–Crippen LogP) is 4.41. The number of aromatic nitrogens is 1. The summed E-state index contributed by atoms with van der Waals surface area (Å²) in [5, 5.41) is 3.82. The summed E-state index contributed by atoms with van der Waals surface area (Å²) in [6.45, 7) is 0. The predicted molar refractivity (Wildman–Crippen MR) is 106 cm³/mol. The SMILES string of the molecule is COC(=O)c1cccc(C(=O)Nc2cccc(CSc3ccccn3)c2)c1. The number of methoxy groups -OCH3 is 1. The third-order valence-electron chi connectivity index (χ3n) is 3.76. The standard InChI is InChI=1S/C21H18N2O3S/c1-26-21(25)17-8-5-7-16(13-17)20(24)23-18-9-4-6-15(12-18)14-27-19-10-2-3-11-22-19/h2-13H,14H2,1H3,(H,23,24). The van der Waals surface area contributed by atoms with Gasteiger partial charge in [-0.25, -0.2) is 9.78 Å². The second kappa shape index (κ2) is 9.00. The third-order valence-corrected chi connectivity index (χ3v) is 4.77. The first kappa shape index (κ1) is 18.7. The molecule has 0 aliphatic carbocycles. The Bertz CT molecular complexity index is 945. The zero-order valence-corrected chi connectivity index (χ0v) is 15.5. The zero-order valence-electron chi connectivity index (χ0n) is 14.7. The molecule has 0 saturated heterocycles. The van der Waals surface area contributed by atoms with Gasteiger partial charge in [-0.15, -0.1) is 11.8 Å². The van der Waals surface area contributed by atoms with E-state index in [1.54, 1.807) is 36.2 Å². The number of thioether (sulfide) groups is 1. The quantitative estimate of drug-likeness (QED) is 0.508. The third kappa shape index (κ3) is 5.18. The zero-order chi connectivity index (χ0) is 19.1. The molecule has 1 aromatic heterocycles. The van der Waals surface area contributed by atoms with Gasteiger partial charge >= 0.3 is 5.97 Å². The summed E-state index contributed by atoms with van der Waals surface area (Å²) < 4.78 is 4.69. The van der Waals surface area contributed by atoms with Crippen LogP contribution in [0.4, 0.5) is 5.69 Å². The van der Waals surface area contributed by atoms with Crippen LogP contribution >= 0.6 is 11.8 Å². The fourth-order valence-corrected chi connectivity index (χ4v) is 3.24. The van der Waals surface area contributed by atoms with Crippen LogP contribution in [0.1, 0.15) is 26.3 Å². The van der Waals surface area contributed by atoms with Crippen molar-refractivity contribution in [3.05, 3.63) is 89.6 Å². The van der Waals surface area contributed by atoms with Crippen LogP contribution in [0.2, 0.25) is 0 Å². The van der Waals surface area contributed by atoms with Gasteiger partial charge in [0.1, 0.15) is 0 Å². The highest BCUT2D eigenvalue weighted by Crippen LogP contribution is 2.22. The molecule has 0 unspecified atom stereocenters. The molecular formula is C21H18N2O3S. The van der Waals surface area contributed by atoms with Gasteiger partial charge in [-0.2, -0.15) is 0 Å². The maximum absolute atomic E-state index is 12.5. The molecule has 5 nitrogen and oxygen atoms in total. The Hall–Kier alpha value is -3.12. The average molecular weight is 378 g/mol. The fraction of sp³-hybridized carbons (Fsp3) is 0.0952. The van der Waals surface area contributed by atoms with E-state index >= 15 is 0 Å². The number of benzene rings is 2. The van der Waals surface area contributed by atoms with Crippen molar-refractivity contribution in [2.75, 3.05) is 12.4 Å². The van der Waals surface area contributed by atoms with E-state index in [1.807, 2.05) is 42.5 Å². The van der Waals surface area contributed by atoms with E-state index in [0.717, 1.165) is 16.3 Å². The lowest BCUT2D eigenvalue weighted by Crippen LogP contribution is -2.13. The molecular weight excluding hydrogens is 360 g/mol. The van der Waals surface area contributed by atoms with E-state index in [0.29, 0.717) is 16.8 Å². The lowest BCUT2D eigenvalue weighted by atomic mass is 10.1. The highest BCUT2D eigenvalue weighted by molar-refractivity contribution is 7.98. The van der Waals surface area contributed by atoms with Crippen LogP contribution < -0.4 is 5.32 Å². The van der Waals surface area contributed by atoms with E-state index < -0.39 is 5.97 Å². The molecule has 1 heterocycles. The lowest BCUT2D eigenvalue weighted by molar-refractivity contribution is 0.0600. The van der Waals surface area contributed by atoms with Gasteiger partial charge in [0.2, 0.25) is 0 Å². The Morgan fingerprint density at radius 1 is 1.00 bits per heavy atom. The summed E-state index contributed by atoms with van der Waals surface area (Å²) in [7, 11) is 1.31. The monoisotopic (exact) mass is 378 g/mol. The van der Waals surface area contributed by atoms with Crippen molar-refractivity contribution in [1.82, 2.24) is 4.98 Å². The summed E-state index contributed by atoms with van der Waals surface area (Å²) in [6.07, 6.45) is 1.77. The number of ether oxygens (including phenoxy) is 1. The molecule has 3 rings (SSSR count). The number of nitrogens with one attached hydrogen (secondary N) is 1. The summed E-state index contributed by atoms with van der Waals surface area (Å²) in [5.74, 6) is -0.00748. The Kier molecular flexibility index (Phi) is 6.22. The number of hydrogen-bond acceptors (Lipinski definition) is 5. The fourth-order valence-electron chi connectivity index (χ4n) is 2.44. The van der Waals surface area contributed by atoms with Crippen LogP contribution in [0.3, 0.4) is 0 Å². The minimum atomic E-state index is -0.474. The highest BCUT2D eigenvalue weighted by atomic mass is 32.2. The molecule has 0 spiro atoms. The Labute approximate surface area is 161 Å². The highest BCUT2D eigenvalue weighted by Gasteiger charge is 2.11. The van der Waals surface area contributed by atoms with Gasteiger partial charge in [0.25, 0.3) is 5.91 Å². The molecule has 2 aromatic carbocycles. The van der Waals surface area contributed by atoms with Crippen LogP contribution in [0, 0.1) is 0 Å². The number of nitrogens with zero attached hydrogens (tertiary/aromatic N) is 1. The molecule has 0 aliphatic heterocycles. The second-order valence-electron chi connectivity index (χ2n) is 5.68. The minimum Gasteiger partial charge on any atom is -0.465 e. The van der Waals surface area contributed by atoms with Crippen molar-refractivity contribution < 1.29 is 14.3 Å². The first-order valence-corrected chi connectivity index (χ1v) is 9.27. The number of hydrogen-bond donors (Lipinski definition) is 1. The molecule has 27 heavy (non-hydrogen) atoms. The van der Waals surface area contributed by atoms with Crippen LogP contribution in [-0.4, -0.2) is 24.0 Å². The average Bonchev–Trinajstić information content (AvgIpc) is 2.73. The topological polar surface area (TPSA) is 68.3 Å². The molecule has 1 amide bonds. The molecule has 0 saturated carbocycles. The van der Waals surface area contributed by atoms with Crippen molar-refractivity contribution in [2.45, 2.75) is 10.8 Å². The van der Waals surface area contributed by atoms with Crippen molar-refractivity contribution in [3.8, 4) is 0 Å². The van der Waals surface area contributed by atoms with Crippen molar-refractivity contribution in [1.29, 1.82) is 0 Å². The number of carbonyl (C=O) groups excluding carboxylic acids is 2. The number of carbonyl (C=O) groups is 2. The molecule has 0 radical (unpaired) electrons. The Morgan fingerprint density at radius 2 is 1.81 bits per heavy atom. The van der Waals surface area contributed by atoms with Gasteiger partial charge in [0, 0.05) is 23.2 Å². The summed E-state index contributed by atoms with van der Waals surface area (Å²) in [5.41, 5.74) is 2.51. The molecule has 0 bridgehead atoms. The van der Waals surface area contributed by atoms with E-state index in [-0.39, 0.29) is 5.91 Å². The van der Waals surface area contributed by atoms with Gasteiger partial charge < -0.3 is 10.1 Å². The second-order valence-corrected chi connectivity index (χ2v) is 6.68. The Morgan fingerprint density at radius 3 is 2.59 bits per heavy atom. The minimum absolute atomic E-state index is 0.282. The molecule has 136 valence electrons.